The van der Waals surface area contributed by atoms with Gasteiger partial charge in [0.25, 0.3) is 0 Å². The van der Waals surface area contributed by atoms with Gasteiger partial charge in [0.15, 0.2) is 0 Å². The quantitative estimate of drug-likeness (QED) is 0.815. The van der Waals surface area contributed by atoms with Gasteiger partial charge in [-0.2, -0.15) is 0 Å². The van der Waals surface area contributed by atoms with Gasteiger partial charge in [0, 0.05) is 13.1 Å². The number of carboxylic acids is 1. The minimum atomic E-state index is -0.894. The van der Waals surface area contributed by atoms with Gasteiger partial charge in [-0.15, -0.1) is 0 Å². The molecular formula is C13H16FNO2. The van der Waals surface area contributed by atoms with Crippen molar-refractivity contribution in [3.63, 3.8) is 0 Å². The highest BCUT2D eigenvalue weighted by molar-refractivity contribution is 5.78. The first-order chi connectivity index (χ1) is 8.18. The molecule has 0 saturated carbocycles. The molecule has 0 amide bonds. The van der Waals surface area contributed by atoms with Crippen molar-refractivity contribution in [2.75, 3.05) is 13.1 Å². The van der Waals surface area contributed by atoms with Gasteiger partial charge in [-0.3, -0.25) is 9.69 Å². The molecule has 0 aromatic carbocycles. The molecule has 17 heavy (non-hydrogen) atoms. The molecule has 1 saturated heterocycles. The Kier molecular flexibility index (Phi) is 3.74. The van der Waals surface area contributed by atoms with Crippen LogP contribution in [0.2, 0.25) is 0 Å². The van der Waals surface area contributed by atoms with E-state index in [2.05, 4.69) is 0 Å². The van der Waals surface area contributed by atoms with Crippen molar-refractivity contribution in [2.24, 2.45) is 0 Å². The molecule has 1 N–H and O–H groups in total. The molecule has 0 bridgehead atoms. The molecule has 0 radical (unpaired) electrons. The molecule has 4 heteroatoms. The molecule has 2 unspecified atom stereocenters. The summed E-state index contributed by atoms with van der Waals surface area (Å²) < 4.78 is 13.2. The van der Waals surface area contributed by atoms with Crippen LogP contribution in [0.1, 0.15) is 12.8 Å². The van der Waals surface area contributed by atoms with Crippen LogP contribution in [0, 0.1) is 0 Å². The topological polar surface area (TPSA) is 40.5 Å². The molecule has 1 aliphatic heterocycles. The number of rotatable bonds is 3. The number of allylic oxidation sites excluding steroid dienone is 5. The van der Waals surface area contributed by atoms with Crippen LogP contribution in [0.4, 0.5) is 4.39 Å². The lowest BCUT2D eigenvalue weighted by Gasteiger charge is -2.25. The van der Waals surface area contributed by atoms with Gasteiger partial charge in [0.1, 0.15) is 12.2 Å². The zero-order chi connectivity index (χ0) is 12.3. The van der Waals surface area contributed by atoms with Crippen molar-refractivity contribution in [1.82, 2.24) is 4.90 Å². The Labute approximate surface area is 99.9 Å². The largest absolute Gasteiger partial charge is 0.480 e. The Morgan fingerprint density at radius 2 is 2.29 bits per heavy atom. The van der Waals surface area contributed by atoms with Crippen LogP contribution in [0.3, 0.4) is 0 Å². The zero-order valence-corrected chi connectivity index (χ0v) is 9.55. The lowest BCUT2D eigenvalue weighted by Crippen LogP contribution is -2.41. The first kappa shape index (κ1) is 12.0. The molecule has 0 aromatic heterocycles. The fraction of sp³-hybridized carbons (Fsp3) is 0.462. The number of alkyl halides is 1. The van der Waals surface area contributed by atoms with Crippen molar-refractivity contribution >= 4 is 5.97 Å². The lowest BCUT2D eigenvalue weighted by atomic mass is 10.0. The van der Waals surface area contributed by atoms with E-state index < -0.39 is 18.2 Å². The highest BCUT2D eigenvalue weighted by atomic mass is 19.1. The third kappa shape index (κ3) is 2.82. The molecular weight excluding hydrogens is 221 g/mol. The summed E-state index contributed by atoms with van der Waals surface area (Å²) in [6.07, 6.45) is 9.49. The monoisotopic (exact) mass is 237 g/mol. The van der Waals surface area contributed by atoms with Crippen molar-refractivity contribution in [3.8, 4) is 0 Å². The Balaban J connectivity index is 2.17. The average molecular weight is 237 g/mol. The van der Waals surface area contributed by atoms with Gasteiger partial charge in [-0.05, 0) is 18.4 Å². The SMILES string of the molecule is O=C(O)C(C1=CC=CC=CC1)N1CCC(F)C1. The molecule has 3 nitrogen and oxygen atoms in total. The second kappa shape index (κ2) is 5.27. The van der Waals surface area contributed by atoms with Crippen LogP contribution in [0.15, 0.2) is 36.0 Å². The summed E-state index contributed by atoms with van der Waals surface area (Å²) >= 11 is 0. The minimum absolute atomic E-state index is 0.224. The summed E-state index contributed by atoms with van der Waals surface area (Å²) in [6.45, 7) is 0.741. The summed E-state index contributed by atoms with van der Waals surface area (Å²) in [5.74, 6) is -0.894. The molecule has 1 fully saturated rings. The van der Waals surface area contributed by atoms with Crippen molar-refractivity contribution in [3.05, 3.63) is 36.0 Å². The number of carbonyl (C=O) groups is 1. The fourth-order valence-electron chi connectivity index (χ4n) is 2.32. The van der Waals surface area contributed by atoms with Gasteiger partial charge in [-0.25, -0.2) is 4.39 Å². The smallest absolute Gasteiger partial charge is 0.325 e. The number of nitrogens with zero attached hydrogens (tertiary/aromatic N) is 1. The number of hydrogen-bond donors (Lipinski definition) is 1. The average Bonchev–Trinajstić information content (AvgIpc) is 2.53. The highest BCUT2D eigenvalue weighted by Gasteiger charge is 2.34. The number of aliphatic carboxylic acids is 1. The predicted molar refractivity (Wildman–Crippen MR) is 63.5 cm³/mol. The van der Waals surface area contributed by atoms with Crippen LogP contribution < -0.4 is 0 Å². The predicted octanol–water partition coefficient (Wildman–Crippen LogP) is 1.93. The Morgan fingerprint density at radius 3 is 2.94 bits per heavy atom. The Bertz CT molecular complexity index is 387. The third-order valence-electron chi connectivity index (χ3n) is 3.13. The summed E-state index contributed by atoms with van der Waals surface area (Å²) in [5, 5.41) is 9.31. The molecule has 2 atom stereocenters. The normalized spacial score (nSPS) is 26.6. The maximum Gasteiger partial charge on any atom is 0.325 e. The highest BCUT2D eigenvalue weighted by Crippen LogP contribution is 2.23. The number of hydrogen-bond acceptors (Lipinski definition) is 2. The first-order valence-corrected chi connectivity index (χ1v) is 5.81. The van der Waals surface area contributed by atoms with E-state index in [1.54, 1.807) is 4.90 Å². The second-order valence-corrected chi connectivity index (χ2v) is 4.38. The summed E-state index contributed by atoms with van der Waals surface area (Å²) in [6, 6.07) is -0.692. The molecule has 2 rings (SSSR count). The van der Waals surface area contributed by atoms with E-state index in [0.717, 1.165) is 5.57 Å². The number of halogens is 1. The van der Waals surface area contributed by atoms with Crippen molar-refractivity contribution < 1.29 is 14.3 Å². The summed E-state index contributed by atoms with van der Waals surface area (Å²) in [5.41, 5.74) is 0.816. The van der Waals surface area contributed by atoms with E-state index >= 15 is 0 Å². The maximum atomic E-state index is 13.2. The second-order valence-electron chi connectivity index (χ2n) is 4.38. The van der Waals surface area contributed by atoms with Crippen LogP contribution in [0.25, 0.3) is 0 Å². The first-order valence-electron chi connectivity index (χ1n) is 5.81. The van der Waals surface area contributed by atoms with Crippen LogP contribution in [-0.4, -0.2) is 41.3 Å². The van der Waals surface area contributed by atoms with Gasteiger partial charge >= 0.3 is 5.97 Å². The van der Waals surface area contributed by atoms with Gasteiger partial charge < -0.3 is 5.11 Å². The lowest BCUT2D eigenvalue weighted by molar-refractivity contribution is -0.141. The molecule has 0 aromatic rings. The van der Waals surface area contributed by atoms with E-state index in [-0.39, 0.29) is 6.54 Å². The molecule has 2 aliphatic rings. The molecule has 0 spiro atoms. The molecule has 92 valence electrons. The fourth-order valence-corrected chi connectivity index (χ4v) is 2.32. The maximum absolute atomic E-state index is 13.2. The van der Waals surface area contributed by atoms with Gasteiger partial charge in [-0.1, -0.05) is 30.4 Å². The molecule has 1 heterocycles. The third-order valence-corrected chi connectivity index (χ3v) is 3.13. The van der Waals surface area contributed by atoms with E-state index in [4.69, 9.17) is 0 Å². The van der Waals surface area contributed by atoms with Gasteiger partial charge in [0.05, 0.1) is 0 Å². The minimum Gasteiger partial charge on any atom is -0.480 e. The van der Waals surface area contributed by atoms with Gasteiger partial charge in [0.2, 0.25) is 0 Å². The Hall–Kier alpha value is -1.42. The number of carboxylic acid groups (broad SMARTS) is 1. The van der Waals surface area contributed by atoms with E-state index in [9.17, 15) is 14.3 Å². The zero-order valence-electron chi connectivity index (χ0n) is 9.55. The van der Waals surface area contributed by atoms with E-state index in [1.807, 2.05) is 30.4 Å². The summed E-state index contributed by atoms with van der Waals surface area (Å²) in [4.78, 5) is 13.1. The summed E-state index contributed by atoms with van der Waals surface area (Å²) in [7, 11) is 0. The van der Waals surface area contributed by atoms with Crippen LogP contribution in [-0.2, 0) is 4.79 Å². The van der Waals surface area contributed by atoms with Crippen LogP contribution >= 0.6 is 0 Å². The van der Waals surface area contributed by atoms with Crippen LogP contribution in [0.5, 0.6) is 0 Å². The molecule has 1 aliphatic carbocycles. The van der Waals surface area contributed by atoms with E-state index in [1.165, 1.54) is 0 Å². The van der Waals surface area contributed by atoms with Crippen molar-refractivity contribution in [2.45, 2.75) is 25.1 Å². The van der Waals surface area contributed by atoms with Crippen molar-refractivity contribution in [1.29, 1.82) is 0 Å². The van der Waals surface area contributed by atoms with E-state index in [0.29, 0.717) is 19.4 Å². The standard InChI is InChI=1S/C13H16FNO2/c14-11-7-8-15(9-11)12(13(16)17)10-5-3-1-2-4-6-10/h1-5,11-12H,6-9H2,(H,16,17). The Morgan fingerprint density at radius 1 is 1.47 bits per heavy atom. The number of likely N-dealkylation sites (tertiary alicyclic amines) is 1.